The van der Waals surface area contributed by atoms with E-state index in [-0.39, 0.29) is 5.76 Å². The van der Waals surface area contributed by atoms with Gasteiger partial charge in [-0.3, -0.25) is 0 Å². The molecule has 1 saturated heterocycles. The quantitative estimate of drug-likeness (QED) is 0.878. The van der Waals surface area contributed by atoms with Gasteiger partial charge in [-0.25, -0.2) is 4.79 Å². The molecule has 1 aliphatic rings. The Kier molecular flexibility index (Phi) is 3.90. The molecule has 0 aliphatic carbocycles. The van der Waals surface area contributed by atoms with Gasteiger partial charge in [-0.15, -0.1) is 0 Å². The molecule has 1 fully saturated rings. The summed E-state index contributed by atoms with van der Waals surface area (Å²) in [5.74, 6) is -0.227. The highest BCUT2D eigenvalue weighted by Crippen LogP contribution is 2.27. The molecule has 0 radical (unpaired) electrons. The number of furan rings is 1. The van der Waals surface area contributed by atoms with E-state index in [0.717, 1.165) is 31.6 Å². The molecule has 0 aromatic carbocycles. The fourth-order valence-electron chi connectivity index (χ4n) is 1.69. The zero-order valence-corrected chi connectivity index (χ0v) is 9.66. The second-order valence-electron chi connectivity index (χ2n) is 3.70. The first-order chi connectivity index (χ1) is 7.77. The second kappa shape index (κ2) is 5.41. The van der Waals surface area contributed by atoms with Gasteiger partial charge in [0.2, 0.25) is 5.76 Å². The van der Waals surface area contributed by atoms with Crippen LogP contribution in [-0.4, -0.2) is 29.5 Å². The van der Waals surface area contributed by atoms with Crippen LogP contribution >= 0.6 is 11.8 Å². The summed E-state index contributed by atoms with van der Waals surface area (Å²) in [6, 6.07) is 1.73. The Morgan fingerprint density at radius 3 is 2.94 bits per heavy atom. The summed E-state index contributed by atoms with van der Waals surface area (Å²) < 4.78 is 10.2. The van der Waals surface area contributed by atoms with Crippen molar-refractivity contribution in [1.29, 1.82) is 0 Å². The van der Waals surface area contributed by atoms with Crippen molar-refractivity contribution < 1.29 is 19.1 Å². The molecule has 4 nitrogen and oxygen atoms in total. The van der Waals surface area contributed by atoms with E-state index in [0.29, 0.717) is 11.0 Å². The maximum absolute atomic E-state index is 10.8. The van der Waals surface area contributed by atoms with Gasteiger partial charge in [0.15, 0.2) is 0 Å². The van der Waals surface area contributed by atoms with E-state index in [4.69, 9.17) is 14.3 Å². The van der Waals surface area contributed by atoms with Crippen molar-refractivity contribution in [1.82, 2.24) is 0 Å². The first-order valence-electron chi connectivity index (χ1n) is 5.26. The molecule has 0 atom stereocenters. The predicted molar refractivity (Wildman–Crippen MR) is 60.8 cm³/mol. The molecule has 5 heteroatoms. The molecule has 16 heavy (non-hydrogen) atoms. The number of aromatic carboxylic acids is 1. The zero-order chi connectivity index (χ0) is 11.4. The monoisotopic (exact) mass is 242 g/mol. The second-order valence-corrected chi connectivity index (χ2v) is 4.99. The predicted octanol–water partition coefficient (Wildman–Crippen LogP) is 2.39. The van der Waals surface area contributed by atoms with E-state index in [9.17, 15) is 4.79 Å². The Morgan fingerprint density at radius 2 is 2.25 bits per heavy atom. The van der Waals surface area contributed by atoms with E-state index in [2.05, 4.69) is 0 Å². The minimum Gasteiger partial charge on any atom is -0.475 e. The molecule has 0 unspecified atom stereocenters. The number of thioether (sulfide) groups is 1. The number of carboxylic acid groups (broad SMARTS) is 1. The maximum Gasteiger partial charge on any atom is 0.372 e. The van der Waals surface area contributed by atoms with Gasteiger partial charge in [-0.1, -0.05) is 0 Å². The van der Waals surface area contributed by atoms with Crippen molar-refractivity contribution in [3.8, 4) is 0 Å². The topological polar surface area (TPSA) is 59.7 Å². The third-order valence-electron chi connectivity index (χ3n) is 2.58. The lowest BCUT2D eigenvalue weighted by Gasteiger charge is -2.21. The van der Waals surface area contributed by atoms with Crippen LogP contribution in [0.4, 0.5) is 0 Å². The summed E-state index contributed by atoms with van der Waals surface area (Å²) >= 11 is 1.78. The minimum absolute atomic E-state index is 0.0690. The SMILES string of the molecule is O=C(O)c1occc1CSC1CCOCC1. The van der Waals surface area contributed by atoms with E-state index in [1.54, 1.807) is 17.8 Å². The van der Waals surface area contributed by atoms with Crippen LogP contribution in [0.1, 0.15) is 29.0 Å². The summed E-state index contributed by atoms with van der Waals surface area (Å²) in [5.41, 5.74) is 0.768. The van der Waals surface area contributed by atoms with Crippen LogP contribution in [0, 0.1) is 0 Å². The summed E-state index contributed by atoms with van der Waals surface area (Å²) in [5, 5.41) is 9.44. The van der Waals surface area contributed by atoms with Gasteiger partial charge in [0, 0.05) is 29.8 Å². The molecule has 0 spiro atoms. The highest BCUT2D eigenvalue weighted by molar-refractivity contribution is 7.99. The molecular weight excluding hydrogens is 228 g/mol. The average Bonchev–Trinajstić information content (AvgIpc) is 2.76. The molecule has 1 aromatic rings. The lowest BCUT2D eigenvalue weighted by Crippen LogP contribution is -2.17. The molecule has 2 rings (SSSR count). The largest absolute Gasteiger partial charge is 0.475 e. The average molecular weight is 242 g/mol. The molecule has 0 saturated carbocycles. The highest BCUT2D eigenvalue weighted by atomic mass is 32.2. The highest BCUT2D eigenvalue weighted by Gasteiger charge is 2.18. The molecule has 1 aliphatic heterocycles. The Bertz CT molecular complexity index is 355. The van der Waals surface area contributed by atoms with Crippen LogP contribution in [-0.2, 0) is 10.5 Å². The van der Waals surface area contributed by atoms with Gasteiger partial charge in [0.1, 0.15) is 0 Å². The van der Waals surface area contributed by atoms with Gasteiger partial charge in [0.25, 0.3) is 0 Å². The Balaban J connectivity index is 1.88. The van der Waals surface area contributed by atoms with Crippen molar-refractivity contribution in [3.05, 3.63) is 23.7 Å². The molecule has 0 bridgehead atoms. The van der Waals surface area contributed by atoms with Crippen molar-refractivity contribution in [2.75, 3.05) is 13.2 Å². The standard InChI is InChI=1S/C11H14O4S/c12-11(13)10-8(1-6-15-10)7-16-9-2-4-14-5-3-9/h1,6,9H,2-5,7H2,(H,12,13). The lowest BCUT2D eigenvalue weighted by atomic mass is 10.2. The summed E-state index contributed by atoms with van der Waals surface area (Å²) in [6.45, 7) is 1.63. The Labute approximate surface area is 98.0 Å². The molecule has 1 aromatic heterocycles. The van der Waals surface area contributed by atoms with Crippen LogP contribution in [0.3, 0.4) is 0 Å². The smallest absolute Gasteiger partial charge is 0.372 e. The summed E-state index contributed by atoms with van der Waals surface area (Å²) in [7, 11) is 0. The van der Waals surface area contributed by atoms with Gasteiger partial charge in [-0.05, 0) is 18.9 Å². The van der Waals surface area contributed by atoms with Crippen molar-refractivity contribution >= 4 is 17.7 Å². The van der Waals surface area contributed by atoms with Gasteiger partial charge >= 0.3 is 5.97 Å². The number of carbonyl (C=O) groups is 1. The van der Waals surface area contributed by atoms with E-state index < -0.39 is 5.97 Å². The lowest BCUT2D eigenvalue weighted by molar-refractivity contribution is 0.0661. The van der Waals surface area contributed by atoms with Crippen LogP contribution in [0.25, 0.3) is 0 Å². The summed E-state index contributed by atoms with van der Waals surface area (Å²) in [6.07, 6.45) is 3.53. The molecule has 1 N–H and O–H groups in total. The Hall–Kier alpha value is -0.940. The Morgan fingerprint density at radius 1 is 1.50 bits per heavy atom. The summed E-state index contributed by atoms with van der Waals surface area (Å²) in [4.78, 5) is 10.8. The molecule has 0 amide bonds. The third-order valence-corrected chi connectivity index (χ3v) is 4.00. The fraction of sp³-hybridized carbons (Fsp3) is 0.545. The van der Waals surface area contributed by atoms with Crippen molar-refractivity contribution in [3.63, 3.8) is 0 Å². The number of ether oxygens (including phenoxy) is 1. The molecular formula is C11H14O4S. The maximum atomic E-state index is 10.8. The van der Waals surface area contributed by atoms with Crippen LogP contribution in [0.2, 0.25) is 0 Å². The zero-order valence-electron chi connectivity index (χ0n) is 8.85. The van der Waals surface area contributed by atoms with Crippen molar-refractivity contribution in [2.24, 2.45) is 0 Å². The first kappa shape index (κ1) is 11.5. The van der Waals surface area contributed by atoms with Crippen LogP contribution in [0.15, 0.2) is 16.7 Å². The van der Waals surface area contributed by atoms with Crippen LogP contribution < -0.4 is 0 Å². The normalized spacial score (nSPS) is 17.5. The van der Waals surface area contributed by atoms with E-state index >= 15 is 0 Å². The van der Waals surface area contributed by atoms with Crippen LogP contribution in [0.5, 0.6) is 0 Å². The van der Waals surface area contributed by atoms with Gasteiger partial charge in [-0.2, -0.15) is 11.8 Å². The molecule has 2 heterocycles. The minimum atomic E-state index is -0.993. The fourth-order valence-corrected chi connectivity index (χ4v) is 2.86. The molecule has 88 valence electrons. The number of hydrogen-bond donors (Lipinski definition) is 1. The van der Waals surface area contributed by atoms with Gasteiger partial charge in [0.05, 0.1) is 6.26 Å². The number of carboxylic acids is 1. The third kappa shape index (κ3) is 2.80. The number of hydrogen-bond acceptors (Lipinski definition) is 4. The van der Waals surface area contributed by atoms with E-state index in [1.165, 1.54) is 6.26 Å². The van der Waals surface area contributed by atoms with E-state index in [1.807, 2.05) is 0 Å². The van der Waals surface area contributed by atoms with Crippen molar-refractivity contribution in [2.45, 2.75) is 23.8 Å². The van der Waals surface area contributed by atoms with Gasteiger partial charge < -0.3 is 14.3 Å². The number of rotatable bonds is 4. The first-order valence-corrected chi connectivity index (χ1v) is 6.31.